The highest BCUT2D eigenvalue weighted by Gasteiger charge is 2.39. The van der Waals surface area contributed by atoms with Crippen LogP contribution >= 0.6 is 0 Å². The second-order valence-corrected chi connectivity index (χ2v) is 7.30. The Hall–Kier alpha value is -2.11. The van der Waals surface area contributed by atoms with E-state index in [-0.39, 0.29) is 17.9 Å². The molecular formula is C21H26N2O3. The predicted molar refractivity (Wildman–Crippen MR) is 98.4 cm³/mol. The molecule has 4 rings (SSSR count). The molecule has 5 heteroatoms. The number of benzene rings is 1. The molecule has 0 aliphatic carbocycles. The van der Waals surface area contributed by atoms with Crippen molar-refractivity contribution in [3.8, 4) is 0 Å². The van der Waals surface area contributed by atoms with Crippen LogP contribution in [0.15, 0.2) is 46.9 Å². The second-order valence-electron chi connectivity index (χ2n) is 7.30. The SMILES string of the molecule is Cc1ccc(CN2CCC3OCCN(Cc4ccccc4)C(=O)C3C2)o1. The standard InChI is InChI=1S/C21H26N2O3/c1-16-7-8-18(26-16)14-22-10-9-20-19(15-22)21(24)23(11-12-25-20)13-17-5-3-2-4-6-17/h2-8,19-20H,9-15H2,1H3. The van der Waals surface area contributed by atoms with E-state index in [1.807, 2.05) is 42.2 Å². The van der Waals surface area contributed by atoms with E-state index < -0.39 is 0 Å². The molecule has 0 N–H and O–H groups in total. The fourth-order valence-corrected chi connectivity index (χ4v) is 3.99. The van der Waals surface area contributed by atoms with Crippen molar-refractivity contribution in [1.82, 2.24) is 9.80 Å². The normalized spacial score (nSPS) is 24.3. The van der Waals surface area contributed by atoms with Gasteiger partial charge in [-0.3, -0.25) is 9.69 Å². The van der Waals surface area contributed by atoms with Gasteiger partial charge < -0.3 is 14.1 Å². The smallest absolute Gasteiger partial charge is 0.229 e. The van der Waals surface area contributed by atoms with E-state index in [1.165, 1.54) is 0 Å². The maximum absolute atomic E-state index is 13.2. The Bertz CT molecular complexity index is 743. The number of furan rings is 1. The Balaban J connectivity index is 1.44. The molecule has 3 heterocycles. The van der Waals surface area contributed by atoms with Crippen molar-refractivity contribution in [2.75, 3.05) is 26.2 Å². The topological polar surface area (TPSA) is 45.9 Å². The van der Waals surface area contributed by atoms with Crippen molar-refractivity contribution >= 4 is 5.91 Å². The lowest BCUT2D eigenvalue weighted by molar-refractivity contribution is -0.140. The molecule has 2 aromatic rings. The van der Waals surface area contributed by atoms with Gasteiger partial charge in [0.15, 0.2) is 0 Å². The van der Waals surface area contributed by atoms with Crippen molar-refractivity contribution in [2.24, 2.45) is 5.92 Å². The molecule has 2 saturated heterocycles. The van der Waals surface area contributed by atoms with E-state index in [4.69, 9.17) is 9.15 Å². The van der Waals surface area contributed by atoms with Crippen LogP contribution in [-0.2, 0) is 22.6 Å². The largest absolute Gasteiger partial charge is 0.465 e. The first kappa shape index (κ1) is 17.3. The van der Waals surface area contributed by atoms with Gasteiger partial charge in [-0.2, -0.15) is 0 Å². The lowest BCUT2D eigenvalue weighted by Crippen LogP contribution is -2.49. The molecular weight excluding hydrogens is 328 g/mol. The summed E-state index contributed by atoms with van der Waals surface area (Å²) in [5, 5.41) is 0. The molecule has 0 bridgehead atoms. The van der Waals surface area contributed by atoms with Crippen molar-refractivity contribution in [3.05, 3.63) is 59.5 Å². The third-order valence-corrected chi connectivity index (χ3v) is 5.35. The van der Waals surface area contributed by atoms with Gasteiger partial charge in [-0.15, -0.1) is 0 Å². The molecule has 1 aromatic heterocycles. The maximum Gasteiger partial charge on any atom is 0.229 e. The number of likely N-dealkylation sites (tertiary alicyclic amines) is 1. The van der Waals surface area contributed by atoms with Gasteiger partial charge in [0.05, 0.1) is 25.2 Å². The number of amides is 1. The molecule has 0 radical (unpaired) electrons. The average molecular weight is 354 g/mol. The number of hydrogen-bond acceptors (Lipinski definition) is 4. The van der Waals surface area contributed by atoms with Crippen LogP contribution in [0.2, 0.25) is 0 Å². The van der Waals surface area contributed by atoms with Gasteiger partial charge in [0, 0.05) is 26.2 Å². The quantitative estimate of drug-likeness (QED) is 0.847. The zero-order valence-electron chi connectivity index (χ0n) is 15.3. The Morgan fingerprint density at radius 2 is 1.92 bits per heavy atom. The van der Waals surface area contributed by atoms with Crippen molar-refractivity contribution in [3.63, 3.8) is 0 Å². The molecule has 2 aliphatic heterocycles. The summed E-state index contributed by atoms with van der Waals surface area (Å²) in [5.41, 5.74) is 1.16. The minimum Gasteiger partial charge on any atom is -0.465 e. The molecule has 0 spiro atoms. The first-order chi connectivity index (χ1) is 12.7. The lowest BCUT2D eigenvalue weighted by Gasteiger charge is -2.36. The van der Waals surface area contributed by atoms with E-state index >= 15 is 0 Å². The summed E-state index contributed by atoms with van der Waals surface area (Å²) in [4.78, 5) is 17.5. The average Bonchev–Trinajstić information content (AvgIpc) is 3.00. The zero-order chi connectivity index (χ0) is 17.9. The predicted octanol–water partition coefficient (Wildman–Crippen LogP) is 2.84. The third-order valence-electron chi connectivity index (χ3n) is 5.35. The number of fused-ring (bicyclic) bond motifs is 1. The number of carbonyl (C=O) groups is 1. The van der Waals surface area contributed by atoms with E-state index in [0.717, 1.165) is 43.1 Å². The van der Waals surface area contributed by atoms with E-state index in [9.17, 15) is 4.79 Å². The lowest BCUT2D eigenvalue weighted by atomic mass is 9.93. The first-order valence-corrected chi connectivity index (χ1v) is 9.41. The van der Waals surface area contributed by atoms with Crippen molar-refractivity contribution in [2.45, 2.75) is 32.5 Å². The second kappa shape index (κ2) is 7.64. The minimum atomic E-state index is -0.0916. The number of rotatable bonds is 4. The van der Waals surface area contributed by atoms with Crippen molar-refractivity contribution in [1.29, 1.82) is 0 Å². The van der Waals surface area contributed by atoms with Gasteiger partial charge in [0.25, 0.3) is 0 Å². The monoisotopic (exact) mass is 354 g/mol. The van der Waals surface area contributed by atoms with E-state index in [0.29, 0.717) is 19.7 Å². The van der Waals surface area contributed by atoms with Crippen LogP contribution in [0.4, 0.5) is 0 Å². The summed E-state index contributed by atoms with van der Waals surface area (Å²) >= 11 is 0. The number of piperidine rings is 1. The van der Waals surface area contributed by atoms with E-state index in [2.05, 4.69) is 17.0 Å². The zero-order valence-corrected chi connectivity index (χ0v) is 15.3. The van der Waals surface area contributed by atoms with Gasteiger partial charge in [0.1, 0.15) is 11.5 Å². The molecule has 26 heavy (non-hydrogen) atoms. The summed E-state index contributed by atoms with van der Waals surface area (Å²) in [6.45, 7) is 6.32. The number of carbonyl (C=O) groups excluding carboxylic acids is 1. The van der Waals surface area contributed by atoms with Crippen LogP contribution in [0, 0.1) is 12.8 Å². The fraction of sp³-hybridized carbons (Fsp3) is 0.476. The molecule has 2 unspecified atom stereocenters. The van der Waals surface area contributed by atoms with Crippen LogP contribution in [0.25, 0.3) is 0 Å². The highest BCUT2D eigenvalue weighted by molar-refractivity contribution is 5.80. The van der Waals surface area contributed by atoms with Gasteiger partial charge >= 0.3 is 0 Å². The van der Waals surface area contributed by atoms with Crippen molar-refractivity contribution < 1.29 is 13.9 Å². The van der Waals surface area contributed by atoms with Crippen LogP contribution in [0.5, 0.6) is 0 Å². The number of nitrogens with zero attached hydrogens (tertiary/aromatic N) is 2. The van der Waals surface area contributed by atoms with Gasteiger partial charge in [-0.1, -0.05) is 30.3 Å². The van der Waals surface area contributed by atoms with Gasteiger partial charge in [-0.25, -0.2) is 0 Å². The van der Waals surface area contributed by atoms with Gasteiger partial charge in [0.2, 0.25) is 5.91 Å². The number of ether oxygens (including phenoxy) is 1. The Kier molecular flexibility index (Phi) is 5.09. The highest BCUT2D eigenvalue weighted by Crippen LogP contribution is 2.27. The number of aryl methyl sites for hydroxylation is 1. The Morgan fingerprint density at radius 3 is 2.69 bits per heavy atom. The van der Waals surface area contributed by atoms with Crippen LogP contribution < -0.4 is 0 Å². The van der Waals surface area contributed by atoms with Crippen LogP contribution in [0.3, 0.4) is 0 Å². The van der Waals surface area contributed by atoms with Crippen LogP contribution in [0.1, 0.15) is 23.5 Å². The molecule has 1 aromatic carbocycles. The fourth-order valence-electron chi connectivity index (χ4n) is 3.99. The molecule has 0 saturated carbocycles. The Labute approximate surface area is 154 Å². The summed E-state index contributed by atoms with van der Waals surface area (Å²) in [6.07, 6.45) is 0.938. The number of hydrogen-bond donors (Lipinski definition) is 0. The summed E-state index contributed by atoms with van der Waals surface area (Å²) in [7, 11) is 0. The molecule has 2 aliphatic rings. The molecule has 2 fully saturated rings. The van der Waals surface area contributed by atoms with Crippen LogP contribution in [-0.4, -0.2) is 48.1 Å². The van der Waals surface area contributed by atoms with Gasteiger partial charge in [-0.05, 0) is 31.0 Å². The minimum absolute atomic E-state index is 0.0397. The summed E-state index contributed by atoms with van der Waals surface area (Å²) < 4.78 is 11.7. The Morgan fingerprint density at radius 1 is 1.08 bits per heavy atom. The van der Waals surface area contributed by atoms with E-state index in [1.54, 1.807) is 0 Å². The maximum atomic E-state index is 13.2. The molecule has 5 nitrogen and oxygen atoms in total. The third kappa shape index (κ3) is 3.84. The summed E-state index contributed by atoms with van der Waals surface area (Å²) in [6, 6.07) is 14.2. The summed E-state index contributed by atoms with van der Waals surface area (Å²) in [5.74, 6) is 2.02. The molecule has 2 atom stereocenters. The first-order valence-electron chi connectivity index (χ1n) is 9.41. The molecule has 138 valence electrons. The molecule has 1 amide bonds. The highest BCUT2D eigenvalue weighted by atomic mass is 16.5.